The van der Waals surface area contributed by atoms with Crippen molar-refractivity contribution in [3.05, 3.63) is 27.8 Å². The van der Waals surface area contributed by atoms with E-state index in [1.54, 1.807) is 9.47 Å². The van der Waals surface area contributed by atoms with E-state index in [-0.39, 0.29) is 40.4 Å². The number of methoxy groups -OCH3 is 1. The standard InChI is InChI=1S/C21H26FN3O5/c1-9-6-24(7-10(2)18(9)26)17-14(22)15(23)13-16(20(17)30-3)25(11-4-5-11)8-12(19(13)27)21(28)29/h8-11,18,26H,4-7,23H2,1-3H3,(H,28,29). The third kappa shape index (κ3) is 2.99. The fourth-order valence-corrected chi connectivity index (χ4v) is 4.56. The highest BCUT2D eigenvalue weighted by Crippen LogP contribution is 2.46. The van der Waals surface area contributed by atoms with Crippen molar-refractivity contribution in [3.63, 3.8) is 0 Å². The molecule has 1 saturated carbocycles. The molecule has 2 aromatic rings. The molecule has 0 bridgehead atoms. The number of nitrogens with zero attached hydrogens (tertiary/aromatic N) is 2. The zero-order valence-electron chi connectivity index (χ0n) is 17.2. The number of aliphatic hydroxyl groups excluding tert-OH is 1. The fraction of sp³-hybridized carbons (Fsp3) is 0.524. The third-order valence-corrected chi connectivity index (χ3v) is 6.25. The van der Waals surface area contributed by atoms with Gasteiger partial charge in [-0.15, -0.1) is 0 Å². The van der Waals surface area contributed by atoms with E-state index >= 15 is 4.39 Å². The topological polar surface area (TPSA) is 118 Å². The van der Waals surface area contributed by atoms with Crippen molar-refractivity contribution in [1.82, 2.24) is 4.57 Å². The maximum atomic E-state index is 15.6. The molecule has 1 aromatic heterocycles. The number of anilines is 2. The van der Waals surface area contributed by atoms with Gasteiger partial charge >= 0.3 is 5.97 Å². The van der Waals surface area contributed by atoms with Gasteiger partial charge in [-0.2, -0.15) is 0 Å². The maximum Gasteiger partial charge on any atom is 0.341 e. The largest absolute Gasteiger partial charge is 0.492 e. The number of nitrogens with two attached hydrogens (primary N) is 1. The Bertz CT molecular complexity index is 1080. The summed E-state index contributed by atoms with van der Waals surface area (Å²) in [5, 5.41) is 19.6. The SMILES string of the molecule is COc1c(N2CC(C)C(O)C(C)C2)c(F)c(N)c2c(=O)c(C(=O)O)cn(C3CC3)c12. The molecule has 2 heterocycles. The quantitative estimate of drug-likeness (QED) is 0.650. The van der Waals surface area contributed by atoms with E-state index in [2.05, 4.69) is 0 Å². The molecule has 4 rings (SSSR count). The molecule has 1 aromatic carbocycles. The average Bonchev–Trinajstić information content (AvgIpc) is 3.53. The number of nitrogen functional groups attached to an aromatic ring is 1. The van der Waals surface area contributed by atoms with Crippen molar-refractivity contribution in [1.29, 1.82) is 0 Å². The second-order valence-electron chi connectivity index (χ2n) is 8.50. The molecule has 2 fully saturated rings. The van der Waals surface area contributed by atoms with Gasteiger partial charge in [0.1, 0.15) is 11.3 Å². The van der Waals surface area contributed by atoms with Crippen molar-refractivity contribution in [3.8, 4) is 5.75 Å². The first kappa shape index (κ1) is 20.5. The summed E-state index contributed by atoms with van der Waals surface area (Å²) in [5.74, 6) is -2.23. The van der Waals surface area contributed by atoms with E-state index in [1.807, 2.05) is 13.8 Å². The number of carbonyl (C=O) groups is 1. The van der Waals surface area contributed by atoms with E-state index in [0.29, 0.717) is 18.6 Å². The van der Waals surface area contributed by atoms with Crippen LogP contribution in [-0.2, 0) is 0 Å². The summed E-state index contributed by atoms with van der Waals surface area (Å²) in [6.07, 6.45) is 2.43. The number of carboxylic acids is 1. The summed E-state index contributed by atoms with van der Waals surface area (Å²) in [6.45, 7) is 4.57. The van der Waals surface area contributed by atoms with Crippen LogP contribution in [0.2, 0.25) is 0 Å². The predicted octanol–water partition coefficient (Wildman–Crippen LogP) is 2.22. The number of ether oxygens (including phenoxy) is 1. The molecule has 0 spiro atoms. The maximum absolute atomic E-state index is 15.6. The molecule has 4 N–H and O–H groups in total. The van der Waals surface area contributed by atoms with Crippen LogP contribution in [0, 0.1) is 17.7 Å². The van der Waals surface area contributed by atoms with E-state index in [9.17, 15) is 19.8 Å². The summed E-state index contributed by atoms with van der Waals surface area (Å²) >= 11 is 0. The minimum Gasteiger partial charge on any atom is -0.492 e. The summed E-state index contributed by atoms with van der Waals surface area (Å²) in [5.41, 5.74) is 4.90. The number of aromatic carboxylic acids is 1. The molecule has 1 aliphatic heterocycles. The van der Waals surface area contributed by atoms with Crippen molar-refractivity contribution in [2.45, 2.75) is 38.8 Å². The van der Waals surface area contributed by atoms with Crippen LogP contribution in [-0.4, -0.2) is 47.1 Å². The number of benzene rings is 1. The molecular weight excluding hydrogens is 393 g/mol. The lowest BCUT2D eigenvalue weighted by Gasteiger charge is -2.41. The number of pyridine rings is 1. The van der Waals surface area contributed by atoms with Gasteiger partial charge in [-0.05, 0) is 24.7 Å². The number of hydrogen-bond acceptors (Lipinski definition) is 6. The second kappa shape index (κ2) is 7.16. The number of halogens is 1. The molecule has 0 radical (unpaired) electrons. The number of aliphatic hydroxyl groups is 1. The Morgan fingerprint density at radius 1 is 1.27 bits per heavy atom. The second-order valence-corrected chi connectivity index (χ2v) is 8.50. The van der Waals surface area contributed by atoms with Gasteiger partial charge in [0.25, 0.3) is 0 Å². The minimum atomic E-state index is -1.38. The first-order chi connectivity index (χ1) is 14.2. The van der Waals surface area contributed by atoms with Gasteiger partial charge in [-0.25, -0.2) is 9.18 Å². The van der Waals surface area contributed by atoms with Gasteiger partial charge < -0.3 is 30.2 Å². The Morgan fingerprint density at radius 3 is 2.37 bits per heavy atom. The molecule has 30 heavy (non-hydrogen) atoms. The lowest BCUT2D eigenvalue weighted by molar-refractivity contribution is 0.0526. The van der Waals surface area contributed by atoms with Crippen LogP contribution >= 0.6 is 0 Å². The van der Waals surface area contributed by atoms with Gasteiger partial charge in [0, 0.05) is 25.3 Å². The first-order valence-electron chi connectivity index (χ1n) is 10.1. The Kier molecular flexibility index (Phi) is 4.88. The zero-order valence-corrected chi connectivity index (χ0v) is 17.2. The van der Waals surface area contributed by atoms with Crippen LogP contribution in [0.3, 0.4) is 0 Å². The van der Waals surface area contributed by atoms with Crippen LogP contribution in [0.5, 0.6) is 5.75 Å². The van der Waals surface area contributed by atoms with Gasteiger partial charge in [0.2, 0.25) is 5.43 Å². The monoisotopic (exact) mass is 419 g/mol. The van der Waals surface area contributed by atoms with Crippen molar-refractivity contribution in [2.75, 3.05) is 30.8 Å². The average molecular weight is 419 g/mol. The summed E-state index contributed by atoms with van der Waals surface area (Å²) < 4.78 is 22.9. The highest BCUT2D eigenvalue weighted by Gasteiger charge is 2.37. The Balaban J connectivity index is 2.06. The summed E-state index contributed by atoms with van der Waals surface area (Å²) in [6, 6.07) is -0.00108. The number of hydrogen-bond donors (Lipinski definition) is 3. The zero-order chi connectivity index (χ0) is 21.9. The van der Waals surface area contributed by atoms with Crippen molar-refractivity contribution >= 4 is 28.2 Å². The van der Waals surface area contributed by atoms with Gasteiger partial charge in [0.05, 0.1) is 29.8 Å². The highest BCUT2D eigenvalue weighted by atomic mass is 19.1. The summed E-state index contributed by atoms with van der Waals surface area (Å²) in [7, 11) is 1.40. The van der Waals surface area contributed by atoms with Gasteiger partial charge in [-0.3, -0.25) is 4.79 Å². The molecule has 2 unspecified atom stereocenters. The number of fused-ring (bicyclic) bond motifs is 1. The van der Waals surface area contributed by atoms with Gasteiger partial charge in [0.15, 0.2) is 11.6 Å². The Hall–Kier alpha value is -2.81. The van der Waals surface area contributed by atoms with Crippen LogP contribution in [0.4, 0.5) is 15.8 Å². The molecule has 0 amide bonds. The number of piperidine rings is 1. The molecule has 1 saturated heterocycles. The number of rotatable bonds is 4. The van der Waals surface area contributed by atoms with E-state index in [1.165, 1.54) is 13.3 Å². The smallest absolute Gasteiger partial charge is 0.341 e. The molecule has 1 aliphatic carbocycles. The molecule has 2 atom stereocenters. The van der Waals surface area contributed by atoms with Crippen molar-refractivity contribution in [2.24, 2.45) is 11.8 Å². The fourth-order valence-electron chi connectivity index (χ4n) is 4.56. The normalized spacial score (nSPS) is 24.3. The lowest BCUT2D eigenvalue weighted by atomic mass is 9.88. The third-order valence-electron chi connectivity index (χ3n) is 6.25. The first-order valence-corrected chi connectivity index (χ1v) is 10.1. The Morgan fingerprint density at radius 2 is 1.87 bits per heavy atom. The summed E-state index contributed by atoms with van der Waals surface area (Å²) in [4.78, 5) is 26.3. The van der Waals surface area contributed by atoms with Crippen LogP contribution < -0.4 is 20.8 Å². The molecule has 162 valence electrons. The number of carboxylic acid groups (broad SMARTS) is 1. The minimum absolute atomic E-state index is 0.00108. The molecule has 9 heteroatoms. The van der Waals surface area contributed by atoms with E-state index < -0.39 is 28.9 Å². The molecule has 8 nitrogen and oxygen atoms in total. The number of aromatic nitrogens is 1. The van der Waals surface area contributed by atoms with Crippen LogP contribution in [0.15, 0.2) is 11.0 Å². The predicted molar refractivity (Wildman–Crippen MR) is 111 cm³/mol. The lowest BCUT2D eigenvalue weighted by Crippen LogP contribution is -2.48. The molecule has 2 aliphatic rings. The van der Waals surface area contributed by atoms with E-state index in [4.69, 9.17) is 10.5 Å². The van der Waals surface area contributed by atoms with E-state index in [0.717, 1.165) is 12.8 Å². The Labute approximate surface area is 172 Å². The van der Waals surface area contributed by atoms with Gasteiger partial charge in [-0.1, -0.05) is 13.8 Å². The highest BCUT2D eigenvalue weighted by molar-refractivity contribution is 6.03. The van der Waals surface area contributed by atoms with Crippen LogP contribution in [0.25, 0.3) is 10.9 Å². The molecular formula is C21H26FN3O5. The van der Waals surface area contributed by atoms with Crippen molar-refractivity contribution < 1.29 is 24.1 Å². The van der Waals surface area contributed by atoms with Crippen LogP contribution in [0.1, 0.15) is 43.1 Å².